The van der Waals surface area contributed by atoms with Crippen molar-refractivity contribution in [2.75, 3.05) is 5.75 Å². The van der Waals surface area contributed by atoms with Crippen molar-refractivity contribution >= 4 is 12.6 Å². The van der Waals surface area contributed by atoms with Gasteiger partial charge in [-0.3, -0.25) is 0 Å². The predicted octanol–water partition coefficient (Wildman–Crippen LogP) is 1.49. The van der Waals surface area contributed by atoms with Crippen molar-refractivity contribution in [3.63, 3.8) is 0 Å². The molecule has 0 radical (unpaired) electrons. The van der Waals surface area contributed by atoms with Gasteiger partial charge in [0.25, 0.3) is 0 Å². The van der Waals surface area contributed by atoms with Gasteiger partial charge in [-0.1, -0.05) is 30.3 Å². The Balaban J connectivity index is 2.51. The summed E-state index contributed by atoms with van der Waals surface area (Å²) < 4.78 is 0. The lowest BCUT2D eigenvalue weighted by molar-refractivity contribution is 0.751. The molecule has 0 aromatic heterocycles. The second-order valence-electron chi connectivity index (χ2n) is 2.63. The summed E-state index contributed by atoms with van der Waals surface area (Å²) in [5.41, 5.74) is 7.01. The monoisotopic (exact) mass is 167 g/mol. The van der Waals surface area contributed by atoms with E-state index in [1.54, 1.807) is 0 Å². The molecular formula is C9H13NS. The highest BCUT2D eigenvalue weighted by Crippen LogP contribution is 2.01. The van der Waals surface area contributed by atoms with Gasteiger partial charge in [0.05, 0.1) is 0 Å². The molecule has 0 saturated carbocycles. The van der Waals surface area contributed by atoms with Crippen molar-refractivity contribution in [3.8, 4) is 0 Å². The number of nitrogens with two attached hydrogens (primary N) is 1. The molecule has 0 bridgehead atoms. The Kier molecular flexibility index (Phi) is 3.46. The van der Waals surface area contributed by atoms with Crippen LogP contribution in [0.2, 0.25) is 0 Å². The van der Waals surface area contributed by atoms with E-state index in [4.69, 9.17) is 5.73 Å². The van der Waals surface area contributed by atoms with Gasteiger partial charge >= 0.3 is 0 Å². The van der Waals surface area contributed by atoms with Crippen LogP contribution in [0.4, 0.5) is 0 Å². The van der Waals surface area contributed by atoms with Crippen molar-refractivity contribution in [1.82, 2.24) is 0 Å². The molecule has 1 rings (SSSR count). The first-order chi connectivity index (χ1) is 5.33. The quantitative estimate of drug-likeness (QED) is 0.655. The molecule has 2 N–H and O–H groups in total. The third kappa shape index (κ3) is 2.95. The van der Waals surface area contributed by atoms with Gasteiger partial charge in [-0.15, -0.1) is 0 Å². The molecule has 0 aliphatic rings. The van der Waals surface area contributed by atoms with Gasteiger partial charge in [0.2, 0.25) is 0 Å². The second-order valence-corrected chi connectivity index (χ2v) is 3.00. The summed E-state index contributed by atoms with van der Waals surface area (Å²) in [6.45, 7) is 0. The average Bonchev–Trinajstić information content (AvgIpc) is 2.06. The minimum atomic E-state index is 0.181. The van der Waals surface area contributed by atoms with Crippen LogP contribution in [-0.4, -0.2) is 11.8 Å². The summed E-state index contributed by atoms with van der Waals surface area (Å²) in [7, 11) is 0. The standard InChI is InChI=1S/C9H13NS/c10-9(7-11)6-8-4-2-1-3-5-8/h1-5,9,11H,6-7,10H2/t9-/m1/s1. The predicted molar refractivity (Wildman–Crippen MR) is 52.0 cm³/mol. The average molecular weight is 167 g/mol. The normalized spacial score (nSPS) is 12.9. The van der Waals surface area contributed by atoms with Crippen LogP contribution in [0.3, 0.4) is 0 Å². The van der Waals surface area contributed by atoms with Crippen LogP contribution >= 0.6 is 12.6 Å². The maximum Gasteiger partial charge on any atom is 0.0168 e. The zero-order valence-electron chi connectivity index (χ0n) is 6.40. The Labute approximate surface area is 73.0 Å². The van der Waals surface area contributed by atoms with E-state index in [0.29, 0.717) is 0 Å². The summed E-state index contributed by atoms with van der Waals surface area (Å²) in [6, 6.07) is 10.4. The van der Waals surface area contributed by atoms with E-state index in [-0.39, 0.29) is 6.04 Å². The number of hydrogen-bond acceptors (Lipinski definition) is 2. The van der Waals surface area contributed by atoms with Gasteiger partial charge in [-0.05, 0) is 12.0 Å². The maximum absolute atomic E-state index is 5.73. The second kappa shape index (κ2) is 4.42. The van der Waals surface area contributed by atoms with Crippen molar-refractivity contribution in [1.29, 1.82) is 0 Å². The molecule has 0 spiro atoms. The van der Waals surface area contributed by atoms with E-state index < -0.39 is 0 Å². The molecule has 1 nitrogen and oxygen atoms in total. The summed E-state index contributed by atoms with van der Waals surface area (Å²) in [5.74, 6) is 0.745. The van der Waals surface area contributed by atoms with Crippen molar-refractivity contribution in [3.05, 3.63) is 35.9 Å². The number of thiol groups is 1. The minimum Gasteiger partial charge on any atom is -0.327 e. The Morgan fingerprint density at radius 2 is 1.91 bits per heavy atom. The molecule has 0 saturated heterocycles. The fraction of sp³-hybridized carbons (Fsp3) is 0.333. The minimum absolute atomic E-state index is 0.181. The largest absolute Gasteiger partial charge is 0.327 e. The molecule has 2 heteroatoms. The van der Waals surface area contributed by atoms with E-state index >= 15 is 0 Å². The molecule has 1 atom stereocenters. The van der Waals surface area contributed by atoms with Crippen LogP contribution < -0.4 is 5.73 Å². The zero-order chi connectivity index (χ0) is 8.10. The summed E-state index contributed by atoms with van der Waals surface area (Å²) in [6.07, 6.45) is 0.921. The van der Waals surface area contributed by atoms with E-state index in [0.717, 1.165) is 12.2 Å². The van der Waals surface area contributed by atoms with Gasteiger partial charge in [0.15, 0.2) is 0 Å². The van der Waals surface area contributed by atoms with E-state index in [1.807, 2.05) is 18.2 Å². The van der Waals surface area contributed by atoms with Crippen molar-refractivity contribution in [2.24, 2.45) is 5.73 Å². The topological polar surface area (TPSA) is 26.0 Å². The van der Waals surface area contributed by atoms with Gasteiger partial charge < -0.3 is 5.73 Å². The highest BCUT2D eigenvalue weighted by molar-refractivity contribution is 7.80. The lowest BCUT2D eigenvalue weighted by Gasteiger charge is -2.06. The van der Waals surface area contributed by atoms with Gasteiger partial charge in [-0.25, -0.2) is 0 Å². The van der Waals surface area contributed by atoms with Gasteiger partial charge in [0.1, 0.15) is 0 Å². The smallest absolute Gasteiger partial charge is 0.0168 e. The number of benzene rings is 1. The Bertz CT molecular complexity index is 198. The van der Waals surface area contributed by atoms with Crippen LogP contribution in [-0.2, 0) is 6.42 Å². The third-order valence-corrected chi connectivity index (χ3v) is 2.04. The zero-order valence-corrected chi connectivity index (χ0v) is 7.30. The van der Waals surface area contributed by atoms with E-state index in [9.17, 15) is 0 Å². The molecule has 60 valence electrons. The highest BCUT2D eigenvalue weighted by Gasteiger charge is 1.99. The van der Waals surface area contributed by atoms with Crippen LogP contribution in [0.1, 0.15) is 5.56 Å². The SMILES string of the molecule is N[C@@H](CS)Cc1ccccc1. The molecule has 0 aliphatic carbocycles. The maximum atomic E-state index is 5.73. The molecule has 0 fully saturated rings. The fourth-order valence-electron chi connectivity index (χ4n) is 0.981. The fourth-order valence-corrected chi connectivity index (χ4v) is 1.11. The molecule has 0 amide bonds. The van der Waals surface area contributed by atoms with Crippen molar-refractivity contribution < 1.29 is 0 Å². The summed E-state index contributed by atoms with van der Waals surface area (Å²) >= 11 is 4.12. The Hall–Kier alpha value is -0.470. The lowest BCUT2D eigenvalue weighted by Crippen LogP contribution is -2.24. The molecule has 11 heavy (non-hydrogen) atoms. The van der Waals surface area contributed by atoms with Crippen LogP contribution in [0.25, 0.3) is 0 Å². The molecule has 0 unspecified atom stereocenters. The lowest BCUT2D eigenvalue weighted by atomic mass is 10.1. The first-order valence-corrected chi connectivity index (χ1v) is 4.36. The molecule has 1 aromatic carbocycles. The molecule has 1 aromatic rings. The Morgan fingerprint density at radius 3 is 2.45 bits per heavy atom. The number of hydrogen-bond donors (Lipinski definition) is 2. The van der Waals surface area contributed by atoms with Gasteiger partial charge in [0, 0.05) is 11.8 Å². The van der Waals surface area contributed by atoms with E-state index in [1.165, 1.54) is 5.56 Å². The van der Waals surface area contributed by atoms with E-state index in [2.05, 4.69) is 24.8 Å². The van der Waals surface area contributed by atoms with Gasteiger partial charge in [-0.2, -0.15) is 12.6 Å². The molecular weight excluding hydrogens is 154 g/mol. The van der Waals surface area contributed by atoms with Crippen LogP contribution in [0.5, 0.6) is 0 Å². The first kappa shape index (κ1) is 8.62. The summed E-state index contributed by atoms with van der Waals surface area (Å²) in [5, 5.41) is 0. The molecule has 0 heterocycles. The van der Waals surface area contributed by atoms with Crippen LogP contribution in [0.15, 0.2) is 30.3 Å². The molecule has 0 aliphatic heterocycles. The van der Waals surface area contributed by atoms with Crippen molar-refractivity contribution in [2.45, 2.75) is 12.5 Å². The van der Waals surface area contributed by atoms with Crippen LogP contribution in [0, 0.1) is 0 Å². The summed E-state index contributed by atoms with van der Waals surface area (Å²) in [4.78, 5) is 0. The first-order valence-electron chi connectivity index (χ1n) is 3.73. The Morgan fingerprint density at radius 1 is 1.27 bits per heavy atom. The third-order valence-electron chi connectivity index (χ3n) is 1.58. The highest BCUT2D eigenvalue weighted by atomic mass is 32.1. The number of rotatable bonds is 3.